The first-order chi connectivity index (χ1) is 7.18. The molecule has 2 aromatic rings. The summed E-state index contributed by atoms with van der Waals surface area (Å²) in [4.78, 5) is 3.66. The van der Waals surface area contributed by atoms with Gasteiger partial charge in [-0.25, -0.2) is 13.8 Å². The van der Waals surface area contributed by atoms with Crippen molar-refractivity contribution in [3.63, 3.8) is 0 Å². The van der Waals surface area contributed by atoms with E-state index < -0.39 is 11.6 Å². The zero-order valence-electron chi connectivity index (χ0n) is 7.48. The third-order valence-corrected chi connectivity index (χ3v) is 1.84. The molecule has 0 amide bonds. The van der Waals surface area contributed by atoms with Gasteiger partial charge in [-0.15, -0.1) is 10.2 Å². The molecule has 2 N–H and O–H groups in total. The van der Waals surface area contributed by atoms with Crippen LogP contribution in [0, 0.1) is 11.6 Å². The fraction of sp³-hybridized carbons (Fsp3) is 0. The third kappa shape index (κ3) is 1.74. The van der Waals surface area contributed by atoms with E-state index in [4.69, 9.17) is 5.73 Å². The third-order valence-electron chi connectivity index (χ3n) is 1.84. The van der Waals surface area contributed by atoms with E-state index in [2.05, 4.69) is 15.2 Å². The van der Waals surface area contributed by atoms with Crippen molar-refractivity contribution in [2.75, 3.05) is 5.73 Å². The smallest absolute Gasteiger partial charge is 0.153 e. The maximum Gasteiger partial charge on any atom is 0.153 e. The number of rotatable bonds is 1. The SMILES string of the molecule is Nc1ncnnc1-c1ccc(F)cc1F. The van der Waals surface area contributed by atoms with Gasteiger partial charge in [-0.1, -0.05) is 0 Å². The monoisotopic (exact) mass is 208 g/mol. The highest BCUT2D eigenvalue weighted by Gasteiger charge is 2.11. The molecule has 1 aromatic carbocycles. The number of halogens is 2. The summed E-state index contributed by atoms with van der Waals surface area (Å²) in [5, 5.41) is 7.12. The highest BCUT2D eigenvalue weighted by molar-refractivity contribution is 5.69. The Morgan fingerprint density at radius 3 is 2.67 bits per heavy atom. The van der Waals surface area contributed by atoms with Gasteiger partial charge < -0.3 is 5.73 Å². The average molecular weight is 208 g/mol. The van der Waals surface area contributed by atoms with E-state index >= 15 is 0 Å². The van der Waals surface area contributed by atoms with E-state index in [0.29, 0.717) is 0 Å². The van der Waals surface area contributed by atoms with Gasteiger partial charge in [-0.3, -0.25) is 0 Å². The lowest BCUT2D eigenvalue weighted by molar-refractivity contribution is 0.585. The Balaban J connectivity index is 2.60. The predicted molar refractivity (Wildman–Crippen MR) is 49.6 cm³/mol. The normalized spacial score (nSPS) is 10.3. The van der Waals surface area contributed by atoms with Crippen LogP contribution in [0.4, 0.5) is 14.6 Å². The van der Waals surface area contributed by atoms with Gasteiger partial charge >= 0.3 is 0 Å². The molecule has 0 saturated heterocycles. The van der Waals surface area contributed by atoms with E-state index in [1.54, 1.807) is 0 Å². The van der Waals surface area contributed by atoms with Crippen LogP contribution >= 0.6 is 0 Å². The van der Waals surface area contributed by atoms with Crippen LogP contribution in [0.1, 0.15) is 0 Å². The van der Waals surface area contributed by atoms with Gasteiger partial charge in [-0.2, -0.15) is 0 Å². The van der Waals surface area contributed by atoms with Crippen molar-refractivity contribution in [3.8, 4) is 11.3 Å². The quantitative estimate of drug-likeness (QED) is 0.769. The van der Waals surface area contributed by atoms with Crippen LogP contribution in [0.3, 0.4) is 0 Å². The average Bonchev–Trinajstić information content (AvgIpc) is 2.20. The second-order valence-electron chi connectivity index (χ2n) is 2.82. The number of benzene rings is 1. The first-order valence-electron chi connectivity index (χ1n) is 4.07. The Morgan fingerprint density at radius 1 is 1.20 bits per heavy atom. The van der Waals surface area contributed by atoms with Gasteiger partial charge in [0.1, 0.15) is 23.7 Å². The Bertz CT molecular complexity index is 501. The van der Waals surface area contributed by atoms with Crippen molar-refractivity contribution < 1.29 is 8.78 Å². The Kier molecular flexibility index (Phi) is 2.24. The lowest BCUT2D eigenvalue weighted by Gasteiger charge is -2.03. The van der Waals surface area contributed by atoms with Crippen LogP contribution in [-0.4, -0.2) is 15.2 Å². The molecular formula is C9H6F2N4. The van der Waals surface area contributed by atoms with Crippen molar-refractivity contribution in [2.45, 2.75) is 0 Å². The number of nitrogens with zero attached hydrogens (tertiary/aromatic N) is 3. The number of anilines is 1. The lowest BCUT2D eigenvalue weighted by atomic mass is 10.1. The zero-order chi connectivity index (χ0) is 10.8. The maximum absolute atomic E-state index is 13.3. The van der Waals surface area contributed by atoms with E-state index in [-0.39, 0.29) is 17.1 Å². The summed E-state index contributed by atoms with van der Waals surface area (Å²) in [5.41, 5.74) is 5.67. The maximum atomic E-state index is 13.3. The molecule has 0 saturated carbocycles. The zero-order valence-corrected chi connectivity index (χ0v) is 7.48. The molecule has 2 rings (SSSR count). The summed E-state index contributed by atoms with van der Waals surface area (Å²) in [6.07, 6.45) is 1.15. The van der Waals surface area contributed by atoms with Crippen LogP contribution < -0.4 is 5.73 Å². The first-order valence-corrected chi connectivity index (χ1v) is 4.07. The molecular weight excluding hydrogens is 202 g/mol. The molecule has 0 radical (unpaired) electrons. The molecule has 15 heavy (non-hydrogen) atoms. The van der Waals surface area contributed by atoms with Crippen LogP contribution in [0.25, 0.3) is 11.3 Å². The van der Waals surface area contributed by atoms with Gasteiger partial charge in [0.2, 0.25) is 0 Å². The summed E-state index contributed by atoms with van der Waals surface area (Å²) < 4.78 is 26.0. The minimum absolute atomic E-state index is 0.0514. The number of hydrogen-bond acceptors (Lipinski definition) is 4. The van der Waals surface area contributed by atoms with E-state index in [0.717, 1.165) is 18.5 Å². The second kappa shape index (κ2) is 3.56. The van der Waals surface area contributed by atoms with Crippen molar-refractivity contribution in [1.82, 2.24) is 15.2 Å². The summed E-state index contributed by atoms with van der Waals surface area (Å²) >= 11 is 0. The molecule has 0 aliphatic heterocycles. The summed E-state index contributed by atoms with van der Waals surface area (Å²) in [7, 11) is 0. The minimum Gasteiger partial charge on any atom is -0.382 e. The van der Waals surface area contributed by atoms with Gasteiger partial charge in [0.05, 0.1) is 0 Å². The van der Waals surface area contributed by atoms with Crippen LogP contribution in [-0.2, 0) is 0 Å². The largest absolute Gasteiger partial charge is 0.382 e. The van der Waals surface area contributed by atoms with E-state index in [9.17, 15) is 8.78 Å². The molecule has 6 heteroatoms. The molecule has 0 aliphatic carbocycles. The molecule has 1 heterocycles. The molecule has 0 atom stereocenters. The van der Waals surface area contributed by atoms with Crippen LogP contribution in [0.15, 0.2) is 24.5 Å². The fourth-order valence-electron chi connectivity index (χ4n) is 1.16. The molecule has 0 spiro atoms. The van der Waals surface area contributed by atoms with Crippen molar-refractivity contribution in [2.24, 2.45) is 0 Å². The number of nitrogens with two attached hydrogens (primary N) is 1. The summed E-state index contributed by atoms with van der Waals surface area (Å²) in [5.74, 6) is -1.36. The molecule has 4 nitrogen and oxygen atoms in total. The molecule has 0 aliphatic rings. The minimum atomic E-state index is -0.746. The van der Waals surface area contributed by atoms with Crippen LogP contribution in [0.2, 0.25) is 0 Å². The van der Waals surface area contributed by atoms with E-state index in [1.807, 2.05) is 0 Å². The molecule has 76 valence electrons. The van der Waals surface area contributed by atoms with Gasteiger partial charge in [0, 0.05) is 11.6 Å². The van der Waals surface area contributed by atoms with Crippen molar-refractivity contribution in [3.05, 3.63) is 36.2 Å². The summed E-state index contributed by atoms with van der Waals surface area (Å²) in [6.45, 7) is 0. The fourth-order valence-corrected chi connectivity index (χ4v) is 1.16. The topological polar surface area (TPSA) is 64.7 Å². The van der Waals surface area contributed by atoms with Gasteiger partial charge in [0.15, 0.2) is 5.82 Å². The molecule has 1 aromatic heterocycles. The number of aromatic nitrogens is 3. The highest BCUT2D eigenvalue weighted by Crippen LogP contribution is 2.23. The molecule has 0 fully saturated rings. The van der Waals surface area contributed by atoms with Crippen LogP contribution in [0.5, 0.6) is 0 Å². The molecule has 0 bridgehead atoms. The summed E-state index contributed by atoms with van der Waals surface area (Å²) in [6, 6.07) is 3.11. The van der Waals surface area contributed by atoms with Crippen molar-refractivity contribution >= 4 is 5.82 Å². The standard InChI is InChI=1S/C9H6F2N4/c10-5-1-2-6(7(11)3-5)8-9(12)13-4-14-15-8/h1-4H,(H2,12,13,14). The Labute approximate surface area is 83.8 Å². The van der Waals surface area contributed by atoms with Gasteiger partial charge in [0.25, 0.3) is 0 Å². The number of hydrogen-bond donors (Lipinski definition) is 1. The highest BCUT2D eigenvalue weighted by atomic mass is 19.1. The lowest BCUT2D eigenvalue weighted by Crippen LogP contribution is -2.00. The van der Waals surface area contributed by atoms with E-state index in [1.165, 1.54) is 6.07 Å². The first kappa shape index (κ1) is 9.45. The number of nitrogen functional groups attached to an aromatic ring is 1. The second-order valence-corrected chi connectivity index (χ2v) is 2.82. The van der Waals surface area contributed by atoms with Gasteiger partial charge in [-0.05, 0) is 12.1 Å². The Hall–Kier alpha value is -2.11. The Morgan fingerprint density at radius 2 is 2.00 bits per heavy atom. The molecule has 0 unspecified atom stereocenters. The predicted octanol–water partition coefficient (Wildman–Crippen LogP) is 1.40. The van der Waals surface area contributed by atoms with Crippen molar-refractivity contribution in [1.29, 1.82) is 0 Å².